The fourth-order valence-corrected chi connectivity index (χ4v) is 11.8. The largest absolute Gasteiger partial charge is 0.455 e. The fraction of sp³-hybridized carbons (Fsp3) is 0. The van der Waals surface area contributed by atoms with Crippen molar-refractivity contribution in [1.82, 2.24) is 4.57 Å². The molecule has 11 aromatic carbocycles. The van der Waals surface area contributed by atoms with Crippen LogP contribution >= 0.6 is 11.3 Å². The van der Waals surface area contributed by atoms with Gasteiger partial charge in [0.05, 0.1) is 22.4 Å². The van der Waals surface area contributed by atoms with Crippen molar-refractivity contribution in [2.24, 2.45) is 0 Å². The third-order valence-electron chi connectivity index (χ3n) is 13.8. The summed E-state index contributed by atoms with van der Waals surface area (Å²) >= 11 is 1.85. The Labute approximate surface area is 396 Å². The second kappa shape index (κ2) is 15.5. The van der Waals surface area contributed by atoms with E-state index in [1.165, 1.54) is 58.3 Å². The maximum Gasteiger partial charge on any atom is 0.145 e. The highest BCUT2D eigenvalue weighted by Crippen LogP contribution is 2.50. The first-order valence-corrected chi connectivity index (χ1v) is 24.0. The Morgan fingerprint density at radius 3 is 1.87 bits per heavy atom. The summed E-state index contributed by atoms with van der Waals surface area (Å²) in [4.78, 5) is 2.47. The molecule has 0 unspecified atom stereocenters. The van der Waals surface area contributed by atoms with Crippen LogP contribution in [0.3, 0.4) is 0 Å². The molecule has 68 heavy (non-hydrogen) atoms. The Kier molecular flexibility index (Phi) is 8.76. The van der Waals surface area contributed by atoms with Crippen LogP contribution in [-0.4, -0.2) is 4.57 Å². The number of hydrogen-bond acceptors (Lipinski definition) is 3. The molecule has 3 nitrogen and oxygen atoms in total. The Hall–Kier alpha value is -8.70. The average Bonchev–Trinajstić information content (AvgIpc) is 4.08. The number of fused-ring (bicyclic) bond motifs is 10. The van der Waals surface area contributed by atoms with Crippen LogP contribution < -0.4 is 4.90 Å². The molecule has 0 amide bonds. The molecular formula is C64H40N2OS. The number of hydrogen-bond donors (Lipinski definition) is 0. The molecule has 4 heteroatoms. The molecule has 0 saturated heterocycles. The van der Waals surface area contributed by atoms with Crippen molar-refractivity contribution >= 4 is 103 Å². The van der Waals surface area contributed by atoms with Gasteiger partial charge in [0.1, 0.15) is 11.2 Å². The van der Waals surface area contributed by atoms with Gasteiger partial charge in [-0.15, -0.1) is 11.3 Å². The number of nitrogens with zero attached hydrogens (tertiary/aromatic N) is 2. The number of para-hydroxylation sites is 4. The zero-order chi connectivity index (χ0) is 44.7. The third kappa shape index (κ3) is 6.05. The molecule has 0 N–H and O–H groups in total. The monoisotopic (exact) mass is 884 g/mol. The smallest absolute Gasteiger partial charge is 0.145 e. The van der Waals surface area contributed by atoms with Crippen LogP contribution in [0, 0.1) is 0 Å². The quantitative estimate of drug-likeness (QED) is 0.159. The molecule has 14 rings (SSSR count). The van der Waals surface area contributed by atoms with Crippen molar-refractivity contribution in [2.75, 3.05) is 4.90 Å². The standard InChI is InChI=1S/C64H40N2OS/c1-2-22-47-41(16-1)17-15-28-48(47)42-18-13-20-45(38-42)66(56-29-8-3-23-49(56)43-34-37-62-55(40-43)53-27-7-12-33-61(53)68-62)59-36-35-54-52-26-6-11-32-60(52)67-64(54)63(59)44-19-14-21-46(39-44)65-57-30-9-4-24-50(57)51-25-5-10-31-58(51)65/h1-40H. The fourth-order valence-electron chi connectivity index (χ4n) is 10.7. The number of thiophene rings is 1. The molecule has 0 radical (unpaired) electrons. The van der Waals surface area contributed by atoms with E-state index in [9.17, 15) is 0 Å². The van der Waals surface area contributed by atoms with Crippen molar-refractivity contribution in [3.8, 4) is 39.1 Å². The van der Waals surface area contributed by atoms with E-state index in [1.807, 2.05) is 11.3 Å². The van der Waals surface area contributed by atoms with Crippen LogP contribution in [0.25, 0.3) is 114 Å². The van der Waals surface area contributed by atoms with Crippen LogP contribution in [0.5, 0.6) is 0 Å². The van der Waals surface area contributed by atoms with Gasteiger partial charge in [-0.25, -0.2) is 0 Å². The summed E-state index contributed by atoms with van der Waals surface area (Å²) in [5.74, 6) is 0. The lowest BCUT2D eigenvalue weighted by Crippen LogP contribution is -2.13. The number of anilines is 3. The summed E-state index contributed by atoms with van der Waals surface area (Å²) in [7, 11) is 0. The number of aromatic nitrogens is 1. The van der Waals surface area contributed by atoms with E-state index in [2.05, 4.69) is 252 Å². The van der Waals surface area contributed by atoms with Gasteiger partial charge in [-0.1, -0.05) is 164 Å². The van der Waals surface area contributed by atoms with Gasteiger partial charge in [0, 0.05) is 64.2 Å². The predicted molar refractivity (Wildman–Crippen MR) is 289 cm³/mol. The highest BCUT2D eigenvalue weighted by Gasteiger charge is 2.26. The van der Waals surface area contributed by atoms with E-state index < -0.39 is 0 Å². The molecule has 0 spiro atoms. The highest BCUT2D eigenvalue weighted by molar-refractivity contribution is 7.25. The van der Waals surface area contributed by atoms with E-state index in [1.54, 1.807) is 0 Å². The van der Waals surface area contributed by atoms with Crippen molar-refractivity contribution in [3.63, 3.8) is 0 Å². The minimum atomic E-state index is 0.849. The highest BCUT2D eigenvalue weighted by atomic mass is 32.1. The Morgan fingerprint density at radius 1 is 0.368 bits per heavy atom. The molecule has 0 aliphatic rings. The topological polar surface area (TPSA) is 21.3 Å². The summed E-state index contributed by atoms with van der Waals surface area (Å²) in [5, 5.41) is 9.63. The lowest BCUT2D eigenvalue weighted by atomic mass is 9.95. The molecule has 3 heterocycles. The van der Waals surface area contributed by atoms with E-state index >= 15 is 0 Å². The maximum atomic E-state index is 7.08. The Bertz CT molecular complexity index is 4240. The normalized spacial score (nSPS) is 11.8. The van der Waals surface area contributed by atoms with E-state index in [-0.39, 0.29) is 0 Å². The van der Waals surface area contributed by atoms with Gasteiger partial charge < -0.3 is 13.9 Å². The second-order valence-electron chi connectivity index (χ2n) is 17.6. The zero-order valence-corrected chi connectivity index (χ0v) is 37.6. The Morgan fingerprint density at radius 2 is 1.00 bits per heavy atom. The van der Waals surface area contributed by atoms with Crippen LogP contribution in [0.4, 0.5) is 17.1 Å². The number of furan rings is 1. The summed E-state index contributed by atoms with van der Waals surface area (Å²) in [5.41, 5.74) is 15.0. The summed E-state index contributed by atoms with van der Waals surface area (Å²) in [6.45, 7) is 0. The molecule has 0 aliphatic heterocycles. The summed E-state index contributed by atoms with van der Waals surface area (Å²) < 4.78 is 12.1. The first kappa shape index (κ1) is 38.6. The van der Waals surface area contributed by atoms with Crippen molar-refractivity contribution < 1.29 is 4.42 Å². The van der Waals surface area contributed by atoms with Gasteiger partial charge in [0.15, 0.2) is 0 Å². The minimum absolute atomic E-state index is 0.849. The molecule has 0 bridgehead atoms. The third-order valence-corrected chi connectivity index (χ3v) is 14.9. The maximum absolute atomic E-state index is 7.08. The van der Waals surface area contributed by atoms with Crippen molar-refractivity contribution in [2.45, 2.75) is 0 Å². The van der Waals surface area contributed by atoms with Crippen molar-refractivity contribution in [1.29, 1.82) is 0 Å². The van der Waals surface area contributed by atoms with Gasteiger partial charge >= 0.3 is 0 Å². The first-order valence-electron chi connectivity index (χ1n) is 23.2. The van der Waals surface area contributed by atoms with E-state index in [0.29, 0.717) is 0 Å². The molecule has 318 valence electrons. The van der Waals surface area contributed by atoms with Gasteiger partial charge in [-0.3, -0.25) is 0 Å². The van der Waals surface area contributed by atoms with Gasteiger partial charge in [-0.05, 0) is 112 Å². The molecule has 0 saturated carbocycles. The van der Waals surface area contributed by atoms with Gasteiger partial charge in [-0.2, -0.15) is 0 Å². The van der Waals surface area contributed by atoms with E-state index in [0.717, 1.165) is 72.5 Å². The summed E-state index contributed by atoms with van der Waals surface area (Å²) in [6, 6.07) is 88.4. The van der Waals surface area contributed by atoms with Gasteiger partial charge in [0.25, 0.3) is 0 Å². The molecule has 14 aromatic rings. The number of benzene rings is 11. The SMILES string of the molecule is c1cc(-c2cccc3ccccc23)cc(N(c2ccccc2-c2ccc3sc4ccccc4c3c2)c2ccc3c(oc4ccccc43)c2-c2cccc(-n3c4ccccc4c4ccccc43)c2)c1. The molecule has 0 fully saturated rings. The Balaban J connectivity index is 1.06. The predicted octanol–water partition coefficient (Wildman–Crippen LogP) is 18.7. The van der Waals surface area contributed by atoms with Crippen LogP contribution in [0.1, 0.15) is 0 Å². The average molecular weight is 885 g/mol. The van der Waals surface area contributed by atoms with E-state index in [4.69, 9.17) is 4.42 Å². The second-order valence-corrected chi connectivity index (χ2v) is 18.7. The van der Waals surface area contributed by atoms with Crippen LogP contribution in [0.15, 0.2) is 247 Å². The lowest BCUT2D eigenvalue weighted by Gasteiger charge is -2.30. The minimum Gasteiger partial charge on any atom is -0.455 e. The molecule has 0 atom stereocenters. The van der Waals surface area contributed by atoms with Crippen LogP contribution in [0.2, 0.25) is 0 Å². The zero-order valence-electron chi connectivity index (χ0n) is 36.8. The lowest BCUT2D eigenvalue weighted by molar-refractivity contribution is 0.670. The molecule has 3 aromatic heterocycles. The molecule has 0 aliphatic carbocycles. The summed E-state index contributed by atoms with van der Waals surface area (Å²) in [6.07, 6.45) is 0. The number of rotatable bonds is 7. The van der Waals surface area contributed by atoms with Crippen molar-refractivity contribution in [3.05, 3.63) is 243 Å². The van der Waals surface area contributed by atoms with Gasteiger partial charge in [0.2, 0.25) is 0 Å². The first-order chi connectivity index (χ1) is 33.7. The molecular weight excluding hydrogens is 845 g/mol. The van der Waals surface area contributed by atoms with Crippen LogP contribution in [-0.2, 0) is 0 Å².